The topological polar surface area (TPSA) is 67.7 Å². The minimum absolute atomic E-state index is 0. The Morgan fingerprint density at radius 3 is 2.39 bits per heavy atom. The maximum atomic E-state index is 11.9. The average molecular weight is 540 g/mol. The molecular weight excluding hydrogens is 503 g/mol. The zero-order valence-electron chi connectivity index (χ0n) is 19.1. The van der Waals surface area contributed by atoms with Crippen molar-refractivity contribution in [1.82, 2.24) is 15.2 Å². The van der Waals surface area contributed by atoms with E-state index >= 15 is 0 Å². The highest BCUT2D eigenvalue weighted by Gasteiger charge is 2.12. The number of aliphatic imine (C=N–C) groups is 1. The molecule has 172 valence electrons. The molecule has 2 aromatic rings. The summed E-state index contributed by atoms with van der Waals surface area (Å²) in [6, 6.07) is 13.5. The zero-order valence-corrected chi connectivity index (χ0v) is 21.5. The Morgan fingerprint density at radius 1 is 1.06 bits per heavy atom. The van der Waals surface area contributed by atoms with Gasteiger partial charge in [-0.1, -0.05) is 44.2 Å². The van der Waals surface area contributed by atoms with Crippen molar-refractivity contribution in [3.05, 3.63) is 70.1 Å². The summed E-state index contributed by atoms with van der Waals surface area (Å²) in [5, 5.41) is 6.70. The summed E-state index contributed by atoms with van der Waals surface area (Å²) >= 11 is 0. The summed E-state index contributed by atoms with van der Waals surface area (Å²) in [5.41, 5.74) is 2.24. The summed E-state index contributed by atoms with van der Waals surface area (Å²) in [6.07, 6.45) is 3.02. The second-order valence-corrected chi connectivity index (χ2v) is 7.63. The SMILES string of the molecule is CCNC(=NCc1ccc(Cn2ccccc2=O)cc1)NCCC(OCC)C(C)C.I. The van der Waals surface area contributed by atoms with Crippen LogP contribution in [0.4, 0.5) is 0 Å². The fourth-order valence-corrected chi connectivity index (χ4v) is 3.21. The van der Waals surface area contributed by atoms with E-state index < -0.39 is 0 Å². The number of hydrogen-bond donors (Lipinski definition) is 2. The number of pyridine rings is 1. The van der Waals surface area contributed by atoms with Gasteiger partial charge in [-0.3, -0.25) is 4.79 Å². The van der Waals surface area contributed by atoms with E-state index in [4.69, 9.17) is 9.73 Å². The highest BCUT2D eigenvalue weighted by Crippen LogP contribution is 2.10. The van der Waals surface area contributed by atoms with E-state index in [-0.39, 0.29) is 35.6 Å². The molecule has 2 rings (SSSR count). The molecule has 1 unspecified atom stereocenters. The molecule has 6 nitrogen and oxygen atoms in total. The molecule has 1 heterocycles. The number of halogens is 1. The van der Waals surface area contributed by atoms with Crippen LogP contribution >= 0.6 is 24.0 Å². The van der Waals surface area contributed by atoms with Gasteiger partial charge in [-0.25, -0.2) is 4.99 Å². The van der Waals surface area contributed by atoms with Crippen LogP contribution in [0.5, 0.6) is 0 Å². The molecule has 0 radical (unpaired) electrons. The Bertz CT molecular complexity index is 834. The van der Waals surface area contributed by atoms with Gasteiger partial charge < -0.3 is 19.9 Å². The van der Waals surface area contributed by atoms with Crippen LogP contribution in [0.2, 0.25) is 0 Å². The fourth-order valence-electron chi connectivity index (χ4n) is 3.21. The predicted molar refractivity (Wildman–Crippen MR) is 139 cm³/mol. The Morgan fingerprint density at radius 2 is 1.77 bits per heavy atom. The van der Waals surface area contributed by atoms with Gasteiger partial charge >= 0.3 is 0 Å². The molecule has 0 aliphatic heterocycles. The molecular formula is C24H37IN4O2. The smallest absolute Gasteiger partial charge is 0.250 e. The molecule has 2 N–H and O–H groups in total. The Kier molecular flexibility index (Phi) is 13.2. The molecule has 7 heteroatoms. The van der Waals surface area contributed by atoms with Crippen molar-refractivity contribution >= 4 is 29.9 Å². The molecule has 0 amide bonds. The first-order valence-electron chi connectivity index (χ1n) is 10.9. The maximum absolute atomic E-state index is 11.9. The van der Waals surface area contributed by atoms with Crippen molar-refractivity contribution in [1.29, 1.82) is 0 Å². The molecule has 1 aromatic heterocycles. The quantitative estimate of drug-likeness (QED) is 0.257. The number of benzene rings is 1. The number of nitrogens with zero attached hydrogens (tertiary/aromatic N) is 2. The lowest BCUT2D eigenvalue weighted by Gasteiger charge is -2.21. The molecule has 0 saturated heterocycles. The standard InChI is InChI=1S/C24H36N4O2.HI/c1-5-25-24(26-15-14-22(19(3)4)30-6-2)27-17-20-10-12-21(13-11-20)18-28-16-8-7-9-23(28)29;/h7-13,16,19,22H,5-6,14-15,17-18H2,1-4H3,(H2,25,26,27);1H. The second-order valence-electron chi connectivity index (χ2n) is 7.63. The molecule has 0 bridgehead atoms. The van der Waals surface area contributed by atoms with E-state index in [9.17, 15) is 4.79 Å². The molecule has 0 fully saturated rings. The Balaban J connectivity index is 0.00000480. The van der Waals surface area contributed by atoms with Gasteiger partial charge in [0.15, 0.2) is 5.96 Å². The minimum atomic E-state index is 0. The van der Waals surface area contributed by atoms with Crippen LogP contribution in [-0.4, -0.2) is 36.3 Å². The van der Waals surface area contributed by atoms with E-state index in [1.807, 2.05) is 19.2 Å². The van der Waals surface area contributed by atoms with Crippen LogP contribution in [0, 0.1) is 5.92 Å². The lowest BCUT2D eigenvalue weighted by molar-refractivity contribution is 0.0258. The normalized spacial score (nSPS) is 12.4. The average Bonchev–Trinajstić information content (AvgIpc) is 2.74. The first kappa shape index (κ1) is 27.2. The molecule has 1 atom stereocenters. The van der Waals surface area contributed by atoms with Crippen molar-refractivity contribution in [2.45, 2.75) is 53.3 Å². The highest BCUT2D eigenvalue weighted by molar-refractivity contribution is 14.0. The maximum Gasteiger partial charge on any atom is 0.250 e. The Hall–Kier alpha value is -1.87. The number of hydrogen-bond acceptors (Lipinski definition) is 3. The predicted octanol–water partition coefficient (Wildman–Crippen LogP) is 4.02. The number of rotatable bonds is 11. The lowest BCUT2D eigenvalue weighted by atomic mass is 10.0. The third-order valence-electron chi connectivity index (χ3n) is 4.88. The van der Waals surface area contributed by atoms with E-state index in [0.717, 1.165) is 43.2 Å². The van der Waals surface area contributed by atoms with Gasteiger partial charge in [0, 0.05) is 32.0 Å². The van der Waals surface area contributed by atoms with Crippen LogP contribution in [0.15, 0.2) is 58.4 Å². The van der Waals surface area contributed by atoms with Crippen molar-refractivity contribution in [3.63, 3.8) is 0 Å². The van der Waals surface area contributed by atoms with Gasteiger partial charge in [0.25, 0.3) is 5.56 Å². The van der Waals surface area contributed by atoms with Crippen molar-refractivity contribution in [3.8, 4) is 0 Å². The first-order valence-corrected chi connectivity index (χ1v) is 10.9. The van der Waals surface area contributed by atoms with Gasteiger partial charge in [0.1, 0.15) is 0 Å². The summed E-state index contributed by atoms with van der Waals surface area (Å²) in [5.74, 6) is 1.31. The van der Waals surface area contributed by atoms with Crippen LogP contribution in [-0.2, 0) is 17.8 Å². The fraction of sp³-hybridized carbons (Fsp3) is 0.500. The van der Waals surface area contributed by atoms with Crippen molar-refractivity contribution in [2.75, 3.05) is 19.7 Å². The van der Waals surface area contributed by atoms with Crippen LogP contribution in [0.25, 0.3) is 0 Å². The first-order chi connectivity index (χ1) is 14.5. The van der Waals surface area contributed by atoms with Gasteiger partial charge in [-0.05, 0) is 43.4 Å². The van der Waals surface area contributed by atoms with Gasteiger partial charge in [-0.2, -0.15) is 0 Å². The number of ether oxygens (including phenoxy) is 1. The summed E-state index contributed by atoms with van der Waals surface area (Å²) in [7, 11) is 0. The molecule has 0 saturated carbocycles. The number of guanidine groups is 1. The molecule has 0 aliphatic carbocycles. The molecule has 1 aromatic carbocycles. The van der Waals surface area contributed by atoms with E-state index in [0.29, 0.717) is 19.0 Å². The van der Waals surface area contributed by atoms with Gasteiger partial charge in [0.05, 0.1) is 19.2 Å². The molecule has 0 aliphatic rings. The summed E-state index contributed by atoms with van der Waals surface area (Å²) in [6.45, 7) is 12.0. The molecule has 0 spiro atoms. The van der Waals surface area contributed by atoms with Crippen LogP contribution < -0.4 is 16.2 Å². The Labute approximate surface area is 203 Å². The molecule has 31 heavy (non-hydrogen) atoms. The van der Waals surface area contributed by atoms with E-state index in [1.54, 1.807) is 16.7 Å². The van der Waals surface area contributed by atoms with Crippen molar-refractivity contribution < 1.29 is 4.74 Å². The van der Waals surface area contributed by atoms with Crippen molar-refractivity contribution in [2.24, 2.45) is 10.9 Å². The van der Waals surface area contributed by atoms with Crippen LogP contribution in [0.1, 0.15) is 45.2 Å². The van der Waals surface area contributed by atoms with Gasteiger partial charge in [0.2, 0.25) is 0 Å². The van der Waals surface area contributed by atoms with E-state index in [1.165, 1.54) is 0 Å². The largest absolute Gasteiger partial charge is 0.378 e. The lowest BCUT2D eigenvalue weighted by Crippen LogP contribution is -2.39. The monoisotopic (exact) mass is 540 g/mol. The van der Waals surface area contributed by atoms with Gasteiger partial charge in [-0.15, -0.1) is 24.0 Å². The minimum Gasteiger partial charge on any atom is -0.378 e. The summed E-state index contributed by atoms with van der Waals surface area (Å²) < 4.78 is 7.52. The third-order valence-corrected chi connectivity index (χ3v) is 4.88. The van der Waals surface area contributed by atoms with E-state index in [2.05, 4.69) is 55.7 Å². The second kappa shape index (κ2) is 15.0. The van der Waals surface area contributed by atoms with Crippen LogP contribution in [0.3, 0.4) is 0 Å². The number of aromatic nitrogens is 1. The highest BCUT2D eigenvalue weighted by atomic mass is 127. The zero-order chi connectivity index (χ0) is 21.8. The number of nitrogens with one attached hydrogen (secondary N) is 2. The third kappa shape index (κ3) is 9.86. The summed E-state index contributed by atoms with van der Waals surface area (Å²) in [4.78, 5) is 16.6.